The van der Waals surface area contributed by atoms with Crippen molar-refractivity contribution in [1.29, 1.82) is 0 Å². The maximum Gasteiger partial charge on any atom is 0.326 e. The van der Waals surface area contributed by atoms with Crippen molar-refractivity contribution in [2.75, 3.05) is 13.6 Å². The van der Waals surface area contributed by atoms with Crippen LogP contribution in [0, 0.1) is 0 Å². The van der Waals surface area contributed by atoms with Crippen LogP contribution in [0.25, 0.3) is 0 Å². The van der Waals surface area contributed by atoms with E-state index in [0.717, 1.165) is 51.4 Å². The zero-order valence-electron chi connectivity index (χ0n) is 23.7. The average Bonchev–Trinajstić information content (AvgIpc) is 2.88. The minimum atomic E-state index is -1.16. The zero-order chi connectivity index (χ0) is 29.3. The Kier molecular flexibility index (Phi) is 22.7. The van der Waals surface area contributed by atoms with Crippen LogP contribution in [-0.4, -0.2) is 70.7 Å². The Morgan fingerprint density at radius 2 is 1.03 bits per heavy atom. The van der Waals surface area contributed by atoms with Crippen LogP contribution in [0.2, 0.25) is 0 Å². The lowest BCUT2D eigenvalue weighted by Crippen LogP contribution is -2.41. The summed E-state index contributed by atoms with van der Waals surface area (Å²) in [5, 5.41) is 34.9. The van der Waals surface area contributed by atoms with Gasteiger partial charge in [-0.15, -0.1) is 0 Å². The number of likely N-dealkylation sites (N-methyl/N-ethyl adjacent to an activating group) is 1. The summed E-state index contributed by atoms with van der Waals surface area (Å²) in [6.07, 6.45) is 14.7. The van der Waals surface area contributed by atoms with E-state index >= 15 is 0 Å². The summed E-state index contributed by atoms with van der Waals surface area (Å²) >= 11 is 0. The monoisotopic (exact) mass is 557 g/mol. The third kappa shape index (κ3) is 23.0. The smallest absolute Gasteiger partial charge is 0.326 e. The summed E-state index contributed by atoms with van der Waals surface area (Å²) in [5.41, 5.74) is 0. The van der Waals surface area contributed by atoms with Crippen molar-refractivity contribution >= 4 is 29.7 Å². The van der Waals surface area contributed by atoms with Crippen LogP contribution in [0.15, 0.2) is 0 Å². The molecule has 0 spiro atoms. The summed E-state index contributed by atoms with van der Waals surface area (Å²) in [6.45, 7) is 0.384. The Labute approximate surface area is 232 Å². The lowest BCUT2D eigenvalue weighted by Gasteiger charge is -2.14. The van der Waals surface area contributed by atoms with E-state index in [2.05, 4.69) is 16.0 Å². The third-order valence-corrected chi connectivity index (χ3v) is 6.73. The second-order valence-corrected chi connectivity index (χ2v) is 10.2. The molecule has 0 saturated carbocycles. The molecule has 39 heavy (non-hydrogen) atoms. The molecule has 0 bridgehead atoms. The predicted octanol–water partition coefficient (Wildman–Crippen LogP) is 3.84. The van der Waals surface area contributed by atoms with Crippen molar-refractivity contribution in [1.82, 2.24) is 16.0 Å². The number of amides is 2. The van der Waals surface area contributed by atoms with Crippen LogP contribution in [-0.2, 0) is 24.0 Å². The van der Waals surface area contributed by atoms with Crippen molar-refractivity contribution < 1.29 is 39.3 Å². The highest BCUT2D eigenvalue weighted by molar-refractivity contribution is 5.84. The Morgan fingerprint density at radius 3 is 1.49 bits per heavy atom. The minimum absolute atomic E-state index is 0.0100. The molecular formula is C28H51N3O8. The van der Waals surface area contributed by atoms with E-state index in [0.29, 0.717) is 32.2 Å². The van der Waals surface area contributed by atoms with Crippen LogP contribution in [0.5, 0.6) is 0 Å². The number of hydrogen-bond donors (Lipinski definition) is 6. The van der Waals surface area contributed by atoms with Gasteiger partial charge in [0.05, 0.1) is 0 Å². The fraction of sp³-hybridized carbons (Fsp3) is 0.821. The van der Waals surface area contributed by atoms with Crippen molar-refractivity contribution in [3.63, 3.8) is 0 Å². The maximum absolute atomic E-state index is 12.2. The Bertz CT molecular complexity index is 717. The molecule has 0 aliphatic heterocycles. The molecule has 0 aromatic rings. The first-order valence-electron chi connectivity index (χ1n) is 14.6. The fourth-order valence-electron chi connectivity index (χ4n) is 4.31. The number of carbonyl (C=O) groups is 5. The lowest BCUT2D eigenvalue weighted by molar-refractivity contribution is -0.142. The summed E-state index contributed by atoms with van der Waals surface area (Å²) in [5.74, 6) is -3.41. The van der Waals surface area contributed by atoms with Gasteiger partial charge in [0.15, 0.2) is 0 Å². The van der Waals surface area contributed by atoms with E-state index in [4.69, 9.17) is 10.2 Å². The number of rotatable bonds is 27. The van der Waals surface area contributed by atoms with Crippen LogP contribution in [0.4, 0.5) is 0 Å². The van der Waals surface area contributed by atoms with Gasteiger partial charge in [-0.3, -0.25) is 19.2 Å². The highest BCUT2D eigenvalue weighted by Gasteiger charge is 2.21. The number of aliphatic carboxylic acids is 3. The first kappa shape index (κ1) is 36.3. The number of carboxylic acid groups (broad SMARTS) is 3. The predicted molar refractivity (Wildman–Crippen MR) is 148 cm³/mol. The molecule has 0 unspecified atom stereocenters. The molecule has 226 valence electrons. The van der Waals surface area contributed by atoms with Crippen LogP contribution in [0.3, 0.4) is 0 Å². The highest BCUT2D eigenvalue weighted by Crippen LogP contribution is 2.13. The van der Waals surface area contributed by atoms with Gasteiger partial charge in [-0.05, 0) is 45.6 Å². The molecule has 0 fully saturated rings. The maximum atomic E-state index is 12.2. The lowest BCUT2D eigenvalue weighted by atomic mass is 10.0. The Balaban J connectivity index is 3.78. The number of nitrogens with one attached hydrogen (secondary N) is 3. The zero-order valence-corrected chi connectivity index (χ0v) is 23.7. The van der Waals surface area contributed by atoms with Gasteiger partial charge in [-0.1, -0.05) is 64.2 Å². The highest BCUT2D eigenvalue weighted by atomic mass is 16.4. The van der Waals surface area contributed by atoms with Gasteiger partial charge < -0.3 is 31.3 Å². The van der Waals surface area contributed by atoms with E-state index < -0.39 is 30.0 Å². The normalized spacial score (nSPS) is 12.4. The molecular weight excluding hydrogens is 506 g/mol. The fourth-order valence-corrected chi connectivity index (χ4v) is 4.31. The summed E-state index contributed by atoms with van der Waals surface area (Å²) in [6, 6.07) is -1.72. The molecule has 0 aliphatic carbocycles. The quantitative estimate of drug-likeness (QED) is 0.0817. The largest absolute Gasteiger partial charge is 0.481 e. The molecule has 0 aromatic heterocycles. The van der Waals surface area contributed by atoms with Gasteiger partial charge in [0, 0.05) is 25.8 Å². The van der Waals surface area contributed by atoms with Gasteiger partial charge in [-0.25, -0.2) is 4.79 Å². The molecule has 0 heterocycles. The molecule has 0 saturated heterocycles. The van der Waals surface area contributed by atoms with E-state index in [1.165, 1.54) is 19.3 Å². The van der Waals surface area contributed by atoms with Crippen LogP contribution >= 0.6 is 0 Å². The first-order chi connectivity index (χ1) is 18.7. The average molecular weight is 558 g/mol. The Morgan fingerprint density at radius 1 is 0.538 bits per heavy atom. The summed E-state index contributed by atoms with van der Waals surface area (Å²) < 4.78 is 0. The second kappa shape index (κ2) is 24.4. The molecule has 11 nitrogen and oxygen atoms in total. The number of hydrogen-bond acceptors (Lipinski definition) is 6. The van der Waals surface area contributed by atoms with Crippen molar-refractivity contribution in [2.24, 2.45) is 0 Å². The van der Waals surface area contributed by atoms with Gasteiger partial charge in [0.1, 0.15) is 12.1 Å². The summed E-state index contributed by atoms with van der Waals surface area (Å²) in [4.78, 5) is 57.0. The Hall–Kier alpha value is -2.69. The van der Waals surface area contributed by atoms with Gasteiger partial charge >= 0.3 is 17.9 Å². The summed E-state index contributed by atoms with van der Waals surface area (Å²) in [7, 11) is 1.59. The molecule has 2 amide bonds. The molecule has 0 aromatic carbocycles. The third-order valence-electron chi connectivity index (χ3n) is 6.73. The van der Waals surface area contributed by atoms with Crippen LogP contribution in [0.1, 0.15) is 122 Å². The molecule has 0 radical (unpaired) electrons. The molecule has 0 rings (SSSR count). The first-order valence-corrected chi connectivity index (χ1v) is 14.6. The molecule has 2 atom stereocenters. The van der Waals surface area contributed by atoms with Crippen LogP contribution < -0.4 is 16.0 Å². The van der Waals surface area contributed by atoms with E-state index in [1.807, 2.05) is 0 Å². The van der Waals surface area contributed by atoms with Gasteiger partial charge in [-0.2, -0.15) is 0 Å². The van der Waals surface area contributed by atoms with Crippen molar-refractivity contribution in [3.05, 3.63) is 0 Å². The topological polar surface area (TPSA) is 182 Å². The van der Waals surface area contributed by atoms with E-state index in [9.17, 15) is 29.1 Å². The molecule has 0 aliphatic rings. The SMILES string of the molecule is CN[C@@H](CCCCNC(=O)CC[C@H](NC(=O)CCCCCCCCCCCCCCC(=O)O)C(=O)O)C(=O)O. The van der Waals surface area contributed by atoms with Gasteiger partial charge in [0.2, 0.25) is 11.8 Å². The van der Waals surface area contributed by atoms with Gasteiger partial charge in [0.25, 0.3) is 0 Å². The minimum Gasteiger partial charge on any atom is -0.481 e. The molecule has 6 N–H and O–H groups in total. The molecule has 11 heteroatoms. The number of carboxylic acids is 3. The van der Waals surface area contributed by atoms with Crippen molar-refractivity contribution in [2.45, 2.75) is 134 Å². The number of carbonyl (C=O) groups excluding carboxylic acids is 2. The second-order valence-electron chi connectivity index (χ2n) is 10.2. The van der Waals surface area contributed by atoms with E-state index in [1.54, 1.807) is 7.05 Å². The van der Waals surface area contributed by atoms with Crippen molar-refractivity contribution in [3.8, 4) is 0 Å². The number of unbranched alkanes of at least 4 members (excludes halogenated alkanes) is 12. The standard InChI is InChI=1S/C28H51N3O8/c1-29-22(27(36)37)16-14-15-21-30-24(32)20-19-23(28(38)39)31-25(33)17-12-10-8-6-4-2-3-5-7-9-11-13-18-26(34)35/h22-23,29H,2-21H2,1H3,(H,30,32)(H,31,33)(H,34,35)(H,36,37)(H,38,39)/t22-,23-/m0/s1. The van der Waals surface area contributed by atoms with E-state index in [-0.39, 0.29) is 37.5 Å².